The van der Waals surface area contributed by atoms with E-state index in [1.807, 2.05) is 13.0 Å². The number of ether oxygens (including phenoxy) is 1. The summed E-state index contributed by atoms with van der Waals surface area (Å²) in [5, 5.41) is 9.47. The van der Waals surface area contributed by atoms with E-state index in [0.717, 1.165) is 22.8 Å². The van der Waals surface area contributed by atoms with Crippen LogP contribution in [0.4, 0.5) is 8.78 Å². The van der Waals surface area contributed by atoms with Crippen molar-refractivity contribution >= 4 is 17.3 Å². The number of aromatic nitrogens is 1. The number of hydrogen-bond acceptors (Lipinski definition) is 4. The first kappa shape index (κ1) is 20.1. The fourth-order valence-corrected chi connectivity index (χ4v) is 3.06. The van der Waals surface area contributed by atoms with Crippen molar-refractivity contribution < 1.29 is 13.5 Å². The molecule has 1 heterocycles. The maximum Gasteiger partial charge on any atom is 0.387 e. The molecular weight excluding hydrogens is 358 g/mol. The Balaban J connectivity index is 1.97. The Kier molecular flexibility index (Phi) is 7.77. The van der Waals surface area contributed by atoms with Gasteiger partial charge in [0.2, 0.25) is 0 Å². The molecule has 2 N–H and O–H groups in total. The van der Waals surface area contributed by atoms with E-state index >= 15 is 0 Å². The van der Waals surface area contributed by atoms with Gasteiger partial charge in [-0.25, -0.2) is 9.98 Å². The molecule has 26 heavy (non-hydrogen) atoms. The lowest BCUT2D eigenvalue weighted by atomic mass is 10.2. The Morgan fingerprint density at radius 2 is 2.12 bits per heavy atom. The third kappa shape index (κ3) is 6.59. The Bertz CT molecular complexity index is 719. The minimum atomic E-state index is -2.83. The van der Waals surface area contributed by atoms with E-state index in [1.54, 1.807) is 23.5 Å². The van der Waals surface area contributed by atoms with Gasteiger partial charge in [-0.1, -0.05) is 26.0 Å². The number of hydrogen-bond donors (Lipinski definition) is 2. The molecule has 142 valence electrons. The van der Waals surface area contributed by atoms with Crippen LogP contribution in [-0.4, -0.2) is 24.1 Å². The van der Waals surface area contributed by atoms with E-state index in [1.165, 1.54) is 6.07 Å². The van der Waals surface area contributed by atoms with Crippen molar-refractivity contribution in [2.24, 2.45) is 4.99 Å². The third-order valence-corrected chi connectivity index (χ3v) is 4.32. The second kappa shape index (κ2) is 10.1. The van der Waals surface area contributed by atoms with Crippen molar-refractivity contribution in [3.8, 4) is 5.75 Å². The highest BCUT2D eigenvalue weighted by Gasteiger charge is 2.07. The van der Waals surface area contributed by atoms with Gasteiger partial charge in [0.1, 0.15) is 10.8 Å². The molecule has 0 bridgehead atoms. The number of nitrogens with one attached hydrogen (secondary N) is 2. The molecule has 0 unspecified atom stereocenters. The Labute approximate surface area is 156 Å². The van der Waals surface area contributed by atoms with Crippen molar-refractivity contribution in [2.45, 2.75) is 46.4 Å². The van der Waals surface area contributed by atoms with Crippen LogP contribution in [0.5, 0.6) is 5.75 Å². The normalized spacial score (nSPS) is 11.9. The van der Waals surface area contributed by atoms with Gasteiger partial charge in [-0.05, 0) is 30.5 Å². The number of nitrogens with zero attached hydrogens (tertiary/aromatic N) is 2. The van der Waals surface area contributed by atoms with Crippen LogP contribution >= 0.6 is 11.3 Å². The highest BCUT2D eigenvalue weighted by molar-refractivity contribution is 7.09. The van der Waals surface area contributed by atoms with Crippen molar-refractivity contribution in [3.63, 3.8) is 0 Å². The maximum absolute atomic E-state index is 12.3. The molecule has 5 nitrogen and oxygen atoms in total. The van der Waals surface area contributed by atoms with Crippen LogP contribution in [0.25, 0.3) is 0 Å². The molecule has 1 aromatic heterocycles. The molecule has 0 fully saturated rings. The first-order valence-corrected chi connectivity index (χ1v) is 9.36. The lowest BCUT2D eigenvalue weighted by Gasteiger charge is -2.10. The summed E-state index contributed by atoms with van der Waals surface area (Å²) in [5.74, 6) is 1.19. The van der Waals surface area contributed by atoms with Crippen molar-refractivity contribution in [1.82, 2.24) is 15.6 Å². The van der Waals surface area contributed by atoms with Crippen molar-refractivity contribution in [3.05, 3.63) is 45.9 Å². The molecular formula is C18H24F2N4OS. The predicted octanol–water partition coefficient (Wildman–Crippen LogP) is 4.12. The van der Waals surface area contributed by atoms with Crippen LogP contribution in [0, 0.1) is 0 Å². The van der Waals surface area contributed by atoms with Crippen molar-refractivity contribution in [2.75, 3.05) is 6.54 Å². The Morgan fingerprint density at radius 3 is 2.77 bits per heavy atom. The highest BCUT2D eigenvalue weighted by Crippen LogP contribution is 2.18. The molecule has 2 aromatic rings. The van der Waals surface area contributed by atoms with E-state index < -0.39 is 6.61 Å². The van der Waals surface area contributed by atoms with Crippen molar-refractivity contribution in [1.29, 1.82) is 0 Å². The number of guanidine groups is 1. The molecule has 8 heteroatoms. The third-order valence-electron chi connectivity index (χ3n) is 3.46. The van der Waals surface area contributed by atoms with Crippen LogP contribution in [-0.2, 0) is 13.1 Å². The number of rotatable bonds is 8. The molecule has 0 spiro atoms. The second-order valence-electron chi connectivity index (χ2n) is 5.90. The largest absolute Gasteiger partial charge is 0.435 e. The number of benzene rings is 1. The Morgan fingerprint density at radius 1 is 1.31 bits per heavy atom. The van der Waals surface area contributed by atoms with Crippen LogP contribution in [0.1, 0.15) is 43.0 Å². The summed E-state index contributed by atoms with van der Waals surface area (Å²) in [7, 11) is 0. The van der Waals surface area contributed by atoms with E-state index in [9.17, 15) is 8.78 Å². The smallest absolute Gasteiger partial charge is 0.387 e. The Hall–Kier alpha value is -2.22. The monoisotopic (exact) mass is 382 g/mol. The zero-order chi connectivity index (χ0) is 18.9. The summed E-state index contributed by atoms with van der Waals surface area (Å²) in [6.07, 6.45) is 0. The van der Waals surface area contributed by atoms with Gasteiger partial charge in [0.05, 0.1) is 18.8 Å². The molecule has 0 saturated heterocycles. The molecule has 0 radical (unpaired) electrons. The fraction of sp³-hybridized carbons (Fsp3) is 0.444. The quantitative estimate of drug-likeness (QED) is 0.533. The summed E-state index contributed by atoms with van der Waals surface area (Å²) < 4.78 is 29.0. The molecule has 0 aliphatic rings. The van der Waals surface area contributed by atoms with E-state index in [4.69, 9.17) is 0 Å². The number of halogens is 2. The standard InChI is InChI=1S/C18H24F2N4OS/c1-4-21-18(23-10-16-24-15(11-26-16)12(2)3)22-9-13-6-5-7-14(8-13)25-17(19)20/h5-8,11-12,17H,4,9-10H2,1-3H3,(H2,21,22,23). The van der Waals surface area contributed by atoms with Gasteiger partial charge in [0, 0.05) is 11.9 Å². The van der Waals surface area contributed by atoms with Gasteiger partial charge < -0.3 is 15.4 Å². The molecule has 1 aromatic carbocycles. The van der Waals surface area contributed by atoms with Crippen LogP contribution in [0.3, 0.4) is 0 Å². The van der Waals surface area contributed by atoms with Gasteiger partial charge in [0.25, 0.3) is 0 Å². The molecule has 0 atom stereocenters. The lowest BCUT2D eigenvalue weighted by Crippen LogP contribution is -2.36. The summed E-state index contributed by atoms with van der Waals surface area (Å²) in [6, 6.07) is 6.56. The van der Waals surface area contributed by atoms with E-state index in [2.05, 4.69) is 44.6 Å². The van der Waals surface area contributed by atoms with Crippen LogP contribution in [0.2, 0.25) is 0 Å². The van der Waals surface area contributed by atoms with Gasteiger partial charge in [-0.15, -0.1) is 11.3 Å². The topological polar surface area (TPSA) is 58.5 Å². The summed E-state index contributed by atoms with van der Waals surface area (Å²) in [6.45, 7) is 5.03. The summed E-state index contributed by atoms with van der Waals surface area (Å²) in [4.78, 5) is 9.07. The molecule has 0 saturated carbocycles. The second-order valence-corrected chi connectivity index (χ2v) is 6.84. The fourth-order valence-electron chi connectivity index (χ4n) is 2.16. The average Bonchev–Trinajstić information content (AvgIpc) is 3.06. The molecule has 0 amide bonds. The first-order chi connectivity index (χ1) is 12.5. The zero-order valence-corrected chi connectivity index (χ0v) is 15.9. The van der Waals surface area contributed by atoms with Gasteiger partial charge >= 0.3 is 6.61 Å². The molecule has 0 aliphatic heterocycles. The average molecular weight is 382 g/mol. The van der Waals surface area contributed by atoms with Crippen LogP contribution < -0.4 is 15.4 Å². The van der Waals surface area contributed by atoms with Gasteiger partial charge in [-0.2, -0.15) is 8.78 Å². The summed E-state index contributed by atoms with van der Waals surface area (Å²) in [5.41, 5.74) is 1.88. The SMILES string of the molecule is CCNC(=NCc1cccc(OC(F)F)c1)NCc1nc(C(C)C)cs1. The van der Waals surface area contributed by atoms with E-state index in [-0.39, 0.29) is 5.75 Å². The summed E-state index contributed by atoms with van der Waals surface area (Å²) >= 11 is 1.62. The first-order valence-electron chi connectivity index (χ1n) is 8.48. The molecule has 2 rings (SSSR count). The van der Waals surface area contributed by atoms with Gasteiger partial charge in [-0.3, -0.25) is 0 Å². The minimum absolute atomic E-state index is 0.134. The molecule has 0 aliphatic carbocycles. The number of aliphatic imine (C=N–C) groups is 1. The van der Waals surface area contributed by atoms with Gasteiger partial charge in [0.15, 0.2) is 5.96 Å². The van der Waals surface area contributed by atoms with E-state index in [0.29, 0.717) is 25.0 Å². The number of thiazole rings is 1. The zero-order valence-electron chi connectivity index (χ0n) is 15.1. The number of alkyl halides is 2. The van der Waals surface area contributed by atoms with Crippen LogP contribution in [0.15, 0.2) is 34.6 Å². The lowest BCUT2D eigenvalue weighted by molar-refractivity contribution is -0.0498. The highest BCUT2D eigenvalue weighted by atomic mass is 32.1. The predicted molar refractivity (Wildman–Crippen MR) is 101 cm³/mol. The minimum Gasteiger partial charge on any atom is -0.435 e. The maximum atomic E-state index is 12.3.